The maximum atomic E-state index is 5.77. The average molecular weight is 255 g/mol. The van der Waals surface area contributed by atoms with Gasteiger partial charge < -0.3 is 14.8 Å². The lowest BCUT2D eigenvalue weighted by Gasteiger charge is -2.27. The van der Waals surface area contributed by atoms with Gasteiger partial charge in [-0.3, -0.25) is 0 Å². The molecule has 0 spiro atoms. The van der Waals surface area contributed by atoms with Gasteiger partial charge in [0.05, 0.1) is 6.61 Å². The summed E-state index contributed by atoms with van der Waals surface area (Å²) in [7, 11) is 0. The van der Waals surface area contributed by atoms with Crippen LogP contribution >= 0.6 is 0 Å². The molecule has 1 saturated carbocycles. The molecule has 18 heavy (non-hydrogen) atoms. The lowest BCUT2D eigenvalue weighted by Crippen LogP contribution is -2.36. The first-order valence-electron chi connectivity index (χ1n) is 7.73. The Hall–Kier alpha value is -0.120. The van der Waals surface area contributed by atoms with E-state index in [0.29, 0.717) is 0 Å². The third kappa shape index (κ3) is 5.25. The number of hydrogen-bond donors (Lipinski definition) is 1. The number of rotatable bonds is 6. The summed E-state index contributed by atoms with van der Waals surface area (Å²) in [5.41, 5.74) is 0. The normalized spacial score (nSPS) is 30.5. The van der Waals surface area contributed by atoms with Crippen molar-refractivity contribution in [3.8, 4) is 0 Å². The van der Waals surface area contributed by atoms with Crippen LogP contribution in [0.1, 0.15) is 45.4 Å². The fraction of sp³-hybridized carbons (Fsp3) is 1.00. The van der Waals surface area contributed by atoms with Gasteiger partial charge in [-0.1, -0.05) is 19.8 Å². The van der Waals surface area contributed by atoms with Crippen molar-refractivity contribution in [2.24, 2.45) is 11.8 Å². The van der Waals surface area contributed by atoms with Gasteiger partial charge in [0.15, 0.2) is 0 Å². The summed E-state index contributed by atoms with van der Waals surface area (Å²) in [6.07, 6.45) is 7.85. The van der Waals surface area contributed by atoms with Crippen molar-refractivity contribution < 1.29 is 9.47 Å². The fourth-order valence-corrected chi connectivity index (χ4v) is 3.12. The van der Waals surface area contributed by atoms with E-state index in [-0.39, 0.29) is 0 Å². The second kappa shape index (κ2) is 8.13. The quantitative estimate of drug-likeness (QED) is 0.740. The molecule has 3 heteroatoms. The highest BCUT2D eigenvalue weighted by atomic mass is 16.5. The molecular weight excluding hydrogens is 226 g/mol. The van der Waals surface area contributed by atoms with Crippen LogP contribution in [-0.4, -0.2) is 39.0 Å². The van der Waals surface area contributed by atoms with Crippen LogP contribution in [0.25, 0.3) is 0 Å². The van der Waals surface area contributed by atoms with Crippen molar-refractivity contribution in [3.05, 3.63) is 0 Å². The minimum atomic E-state index is 0.730. The van der Waals surface area contributed by atoms with Gasteiger partial charge in [-0.15, -0.1) is 0 Å². The molecule has 3 nitrogen and oxygen atoms in total. The molecule has 1 heterocycles. The molecule has 0 amide bonds. The molecule has 2 aliphatic rings. The Morgan fingerprint density at radius 2 is 2.00 bits per heavy atom. The molecule has 0 radical (unpaired) electrons. The molecule has 2 fully saturated rings. The third-order valence-corrected chi connectivity index (χ3v) is 4.31. The summed E-state index contributed by atoms with van der Waals surface area (Å²) >= 11 is 0. The molecule has 2 atom stereocenters. The number of ether oxygens (including phenoxy) is 2. The second-order valence-corrected chi connectivity index (χ2v) is 6.05. The predicted molar refractivity (Wildman–Crippen MR) is 73.8 cm³/mol. The zero-order valence-corrected chi connectivity index (χ0v) is 11.8. The molecular formula is C15H29NO2. The zero-order valence-electron chi connectivity index (χ0n) is 11.8. The standard InChI is InChI=1S/C15H29NO2/c1-13-3-2-4-15(11-13)16-7-10-18-12-14-5-8-17-9-6-14/h13-16H,2-12H2,1H3. The summed E-state index contributed by atoms with van der Waals surface area (Å²) in [4.78, 5) is 0. The maximum Gasteiger partial charge on any atom is 0.0591 e. The van der Waals surface area contributed by atoms with E-state index in [1.165, 1.54) is 38.5 Å². The smallest absolute Gasteiger partial charge is 0.0591 e. The van der Waals surface area contributed by atoms with Crippen molar-refractivity contribution in [2.45, 2.75) is 51.5 Å². The molecule has 1 aliphatic heterocycles. The Kier molecular flexibility index (Phi) is 6.46. The minimum Gasteiger partial charge on any atom is -0.381 e. The summed E-state index contributed by atoms with van der Waals surface area (Å²) in [6.45, 7) is 7.02. The van der Waals surface area contributed by atoms with Crippen LogP contribution in [-0.2, 0) is 9.47 Å². The van der Waals surface area contributed by atoms with E-state index < -0.39 is 0 Å². The van der Waals surface area contributed by atoms with E-state index in [2.05, 4.69) is 12.2 Å². The Balaban J connectivity index is 1.45. The molecule has 1 aliphatic carbocycles. The first-order valence-corrected chi connectivity index (χ1v) is 7.73. The van der Waals surface area contributed by atoms with E-state index in [9.17, 15) is 0 Å². The van der Waals surface area contributed by atoms with Gasteiger partial charge in [0.25, 0.3) is 0 Å². The summed E-state index contributed by atoms with van der Waals surface area (Å²) in [6, 6.07) is 0.737. The molecule has 0 aromatic rings. The minimum absolute atomic E-state index is 0.730. The predicted octanol–water partition coefficient (Wildman–Crippen LogP) is 2.60. The first kappa shape index (κ1) is 14.3. The van der Waals surface area contributed by atoms with Gasteiger partial charge in [0, 0.05) is 32.4 Å². The maximum absolute atomic E-state index is 5.77. The van der Waals surface area contributed by atoms with Gasteiger partial charge in [0.1, 0.15) is 0 Å². The van der Waals surface area contributed by atoms with E-state index in [1.807, 2.05) is 0 Å². The van der Waals surface area contributed by atoms with Crippen molar-refractivity contribution in [1.29, 1.82) is 0 Å². The van der Waals surface area contributed by atoms with Crippen LogP contribution in [0.2, 0.25) is 0 Å². The number of hydrogen-bond acceptors (Lipinski definition) is 3. The van der Waals surface area contributed by atoms with E-state index >= 15 is 0 Å². The van der Waals surface area contributed by atoms with Crippen LogP contribution in [0.4, 0.5) is 0 Å². The molecule has 0 aromatic heterocycles. The molecule has 2 unspecified atom stereocenters. The van der Waals surface area contributed by atoms with Gasteiger partial charge in [-0.2, -0.15) is 0 Å². The van der Waals surface area contributed by atoms with Crippen molar-refractivity contribution in [1.82, 2.24) is 5.32 Å². The second-order valence-electron chi connectivity index (χ2n) is 6.05. The van der Waals surface area contributed by atoms with Crippen LogP contribution in [0.15, 0.2) is 0 Å². The van der Waals surface area contributed by atoms with E-state index in [1.54, 1.807) is 0 Å². The number of nitrogens with one attached hydrogen (secondary N) is 1. The lowest BCUT2D eigenvalue weighted by molar-refractivity contribution is 0.0208. The van der Waals surface area contributed by atoms with Crippen LogP contribution in [0.3, 0.4) is 0 Å². The van der Waals surface area contributed by atoms with Crippen LogP contribution in [0, 0.1) is 11.8 Å². The van der Waals surface area contributed by atoms with Crippen LogP contribution < -0.4 is 5.32 Å². The summed E-state index contributed by atoms with van der Waals surface area (Å²) < 4.78 is 11.1. The Morgan fingerprint density at radius 1 is 1.17 bits per heavy atom. The van der Waals surface area contributed by atoms with Gasteiger partial charge >= 0.3 is 0 Å². The summed E-state index contributed by atoms with van der Waals surface area (Å²) in [5.74, 6) is 1.63. The van der Waals surface area contributed by atoms with Gasteiger partial charge in [-0.05, 0) is 37.5 Å². The van der Waals surface area contributed by atoms with E-state index in [0.717, 1.165) is 50.8 Å². The molecule has 0 aromatic carbocycles. The first-order chi connectivity index (χ1) is 8.84. The fourth-order valence-electron chi connectivity index (χ4n) is 3.12. The lowest BCUT2D eigenvalue weighted by atomic mass is 9.87. The zero-order chi connectivity index (χ0) is 12.6. The van der Waals surface area contributed by atoms with Crippen molar-refractivity contribution in [3.63, 3.8) is 0 Å². The highest BCUT2D eigenvalue weighted by Crippen LogP contribution is 2.23. The Bertz CT molecular complexity index is 217. The Labute approximate surface area is 112 Å². The molecule has 0 bridgehead atoms. The Morgan fingerprint density at radius 3 is 2.78 bits per heavy atom. The van der Waals surface area contributed by atoms with Gasteiger partial charge in [0.2, 0.25) is 0 Å². The molecule has 1 saturated heterocycles. The summed E-state index contributed by atoms with van der Waals surface area (Å²) in [5, 5.41) is 3.64. The van der Waals surface area contributed by atoms with Crippen LogP contribution in [0.5, 0.6) is 0 Å². The molecule has 1 N–H and O–H groups in total. The topological polar surface area (TPSA) is 30.5 Å². The highest BCUT2D eigenvalue weighted by molar-refractivity contribution is 4.75. The van der Waals surface area contributed by atoms with Crippen molar-refractivity contribution >= 4 is 0 Å². The highest BCUT2D eigenvalue weighted by Gasteiger charge is 2.18. The third-order valence-electron chi connectivity index (χ3n) is 4.31. The SMILES string of the molecule is CC1CCCC(NCCOCC2CCOCC2)C1. The van der Waals surface area contributed by atoms with Crippen molar-refractivity contribution in [2.75, 3.05) is 33.0 Å². The van der Waals surface area contributed by atoms with Gasteiger partial charge in [-0.25, -0.2) is 0 Å². The monoisotopic (exact) mass is 255 g/mol. The molecule has 2 rings (SSSR count). The molecule has 106 valence electrons. The van der Waals surface area contributed by atoms with E-state index in [4.69, 9.17) is 9.47 Å². The largest absolute Gasteiger partial charge is 0.381 e. The average Bonchev–Trinajstić information content (AvgIpc) is 2.40.